The first-order chi connectivity index (χ1) is 9.10. The number of nitrogens with one attached hydrogen (secondary N) is 2. The quantitative estimate of drug-likeness (QED) is 0.823. The van der Waals surface area contributed by atoms with Crippen LogP contribution in [0.5, 0.6) is 0 Å². The molecule has 0 aromatic heterocycles. The van der Waals surface area contributed by atoms with E-state index in [1.54, 1.807) is 0 Å². The summed E-state index contributed by atoms with van der Waals surface area (Å²) >= 11 is 0. The fourth-order valence-corrected chi connectivity index (χ4v) is 2.45. The van der Waals surface area contributed by atoms with Gasteiger partial charge in [-0.15, -0.1) is 0 Å². The van der Waals surface area contributed by atoms with Crippen molar-refractivity contribution in [2.24, 2.45) is 5.92 Å². The van der Waals surface area contributed by atoms with Crippen molar-refractivity contribution in [1.29, 1.82) is 0 Å². The molecular weight excluding hydrogens is 236 g/mol. The first-order valence-electron chi connectivity index (χ1n) is 7.25. The number of benzene rings is 1. The Morgan fingerprint density at radius 1 is 1.42 bits per heavy atom. The van der Waals surface area contributed by atoms with Gasteiger partial charge in [-0.25, -0.2) is 0 Å². The van der Waals surface area contributed by atoms with Gasteiger partial charge >= 0.3 is 0 Å². The van der Waals surface area contributed by atoms with Gasteiger partial charge in [0.1, 0.15) is 0 Å². The molecule has 3 heteroatoms. The van der Waals surface area contributed by atoms with E-state index in [1.165, 1.54) is 12.8 Å². The number of hydrogen-bond acceptors (Lipinski definition) is 2. The molecule has 3 nitrogen and oxygen atoms in total. The average molecular weight is 260 g/mol. The minimum atomic E-state index is 0.0497. The topological polar surface area (TPSA) is 41.1 Å². The lowest BCUT2D eigenvalue weighted by Crippen LogP contribution is -2.33. The van der Waals surface area contributed by atoms with Gasteiger partial charge in [0.05, 0.1) is 0 Å². The Balaban J connectivity index is 1.97. The summed E-state index contributed by atoms with van der Waals surface area (Å²) in [6, 6.07) is 6.18. The van der Waals surface area contributed by atoms with Crippen LogP contribution in [-0.2, 0) is 0 Å². The van der Waals surface area contributed by atoms with Crippen molar-refractivity contribution in [3.8, 4) is 0 Å². The van der Waals surface area contributed by atoms with E-state index in [-0.39, 0.29) is 11.9 Å². The second kappa shape index (κ2) is 6.09. The van der Waals surface area contributed by atoms with E-state index < -0.39 is 0 Å². The van der Waals surface area contributed by atoms with Crippen LogP contribution in [0.1, 0.15) is 49.0 Å². The molecular formula is C16H24N2O. The van der Waals surface area contributed by atoms with Crippen LogP contribution in [-0.4, -0.2) is 18.5 Å². The Kier molecular flexibility index (Phi) is 4.46. The van der Waals surface area contributed by atoms with Gasteiger partial charge in [0.2, 0.25) is 0 Å². The van der Waals surface area contributed by atoms with Crippen LogP contribution in [0.3, 0.4) is 0 Å². The summed E-state index contributed by atoms with van der Waals surface area (Å²) in [5.74, 6) is 0.890. The number of amides is 1. The van der Waals surface area contributed by atoms with Gasteiger partial charge in [-0.05, 0) is 56.9 Å². The fourth-order valence-electron chi connectivity index (χ4n) is 2.45. The van der Waals surface area contributed by atoms with Gasteiger partial charge in [-0.1, -0.05) is 12.8 Å². The fraction of sp³-hybridized carbons (Fsp3) is 0.562. The van der Waals surface area contributed by atoms with Crippen LogP contribution in [0, 0.1) is 12.8 Å². The van der Waals surface area contributed by atoms with E-state index in [0.717, 1.165) is 35.7 Å². The maximum Gasteiger partial charge on any atom is 0.251 e. The van der Waals surface area contributed by atoms with Crippen molar-refractivity contribution in [1.82, 2.24) is 5.32 Å². The molecule has 2 N–H and O–H groups in total. The summed E-state index contributed by atoms with van der Waals surface area (Å²) < 4.78 is 0. The van der Waals surface area contributed by atoms with Gasteiger partial charge in [0.25, 0.3) is 5.91 Å². The van der Waals surface area contributed by atoms with E-state index in [9.17, 15) is 4.79 Å². The highest BCUT2D eigenvalue weighted by atomic mass is 16.1. The van der Waals surface area contributed by atoms with Crippen molar-refractivity contribution >= 4 is 11.6 Å². The molecule has 1 aliphatic carbocycles. The number of carbonyl (C=O) groups is 1. The number of aryl methyl sites for hydroxylation is 1. The van der Waals surface area contributed by atoms with Gasteiger partial charge in [0, 0.05) is 23.8 Å². The lowest BCUT2D eigenvalue weighted by molar-refractivity contribution is 0.0937. The van der Waals surface area contributed by atoms with Crippen LogP contribution >= 0.6 is 0 Å². The smallest absolute Gasteiger partial charge is 0.251 e. The number of anilines is 1. The second-order valence-corrected chi connectivity index (χ2v) is 5.61. The van der Waals surface area contributed by atoms with E-state index >= 15 is 0 Å². The second-order valence-electron chi connectivity index (χ2n) is 5.61. The average Bonchev–Trinajstić information content (AvgIpc) is 3.13. The zero-order chi connectivity index (χ0) is 13.8. The lowest BCUT2D eigenvalue weighted by atomic mass is 10.1. The summed E-state index contributed by atoms with van der Waals surface area (Å²) in [6.45, 7) is 7.04. The number of rotatable bonds is 6. The van der Waals surface area contributed by atoms with Crippen molar-refractivity contribution in [3.63, 3.8) is 0 Å². The Morgan fingerprint density at radius 3 is 2.74 bits per heavy atom. The first-order valence-corrected chi connectivity index (χ1v) is 7.25. The van der Waals surface area contributed by atoms with Gasteiger partial charge in [0.15, 0.2) is 0 Å². The summed E-state index contributed by atoms with van der Waals surface area (Å²) in [6.07, 6.45) is 3.77. The molecule has 1 aromatic carbocycles. The molecule has 0 spiro atoms. The lowest BCUT2D eigenvalue weighted by Gasteiger charge is -2.15. The highest BCUT2D eigenvalue weighted by molar-refractivity contribution is 5.96. The summed E-state index contributed by atoms with van der Waals surface area (Å²) in [5.41, 5.74) is 2.88. The van der Waals surface area contributed by atoms with Crippen LogP contribution in [0.25, 0.3) is 0 Å². The van der Waals surface area contributed by atoms with E-state index in [4.69, 9.17) is 0 Å². The Morgan fingerprint density at radius 2 is 2.16 bits per heavy atom. The predicted octanol–water partition coefficient (Wildman–Crippen LogP) is 3.35. The third-order valence-corrected chi connectivity index (χ3v) is 3.61. The molecule has 1 atom stereocenters. The minimum Gasteiger partial charge on any atom is -0.385 e. The molecule has 0 aliphatic heterocycles. The highest BCUT2D eigenvalue weighted by Crippen LogP contribution is 2.33. The Labute approximate surface area is 115 Å². The van der Waals surface area contributed by atoms with Crippen molar-refractivity contribution in [2.75, 3.05) is 11.9 Å². The predicted molar refractivity (Wildman–Crippen MR) is 79.6 cm³/mol. The molecule has 1 fully saturated rings. The number of hydrogen-bond donors (Lipinski definition) is 2. The van der Waals surface area contributed by atoms with Crippen molar-refractivity contribution in [3.05, 3.63) is 29.3 Å². The molecule has 1 unspecified atom stereocenters. The van der Waals surface area contributed by atoms with Crippen molar-refractivity contribution < 1.29 is 4.79 Å². The molecule has 0 saturated heterocycles. The van der Waals surface area contributed by atoms with Gasteiger partial charge < -0.3 is 10.6 Å². The molecule has 19 heavy (non-hydrogen) atoms. The minimum absolute atomic E-state index is 0.0497. The Bertz CT molecular complexity index is 452. The largest absolute Gasteiger partial charge is 0.385 e. The molecule has 2 rings (SSSR count). The summed E-state index contributed by atoms with van der Waals surface area (Å²) in [5, 5.41) is 6.36. The SMILES string of the molecule is CCNc1ccc(C(=O)NC(C)CC2CC2)c(C)c1. The van der Waals surface area contributed by atoms with Crippen LogP contribution in [0.2, 0.25) is 0 Å². The zero-order valence-electron chi connectivity index (χ0n) is 12.1. The summed E-state index contributed by atoms with van der Waals surface area (Å²) in [7, 11) is 0. The Hall–Kier alpha value is -1.51. The normalized spacial score (nSPS) is 15.9. The standard InChI is InChI=1S/C16H24N2O/c1-4-17-14-7-8-15(11(2)9-14)16(19)18-12(3)10-13-5-6-13/h7-9,12-13,17H,4-6,10H2,1-3H3,(H,18,19). The maximum atomic E-state index is 12.2. The van der Waals surface area contributed by atoms with Crippen LogP contribution < -0.4 is 10.6 Å². The molecule has 0 heterocycles. The maximum absolute atomic E-state index is 12.2. The van der Waals surface area contributed by atoms with Gasteiger partial charge in [-0.2, -0.15) is 0 Å². The third-order valence-electron chi connectivity index (χ3n) is 3.61. The molecule has 1 saturated carbocycles. The highest BCUT2D eigenvalue weighted by Gasteiger charge is 2.24. The van der Waals surface area contributed by atoms with E-state index in [2.05, 4.69) is 24.5 Å². The van der Waals surface area contributed by atoms with E-state index in [0.29, 0.717) is 0 Å². The van der Waals surface area contributed by atoms with Crippen molar-refractivity contribution in [2.45, 2.75) is 46.1 Å². The monoisotopic (exact) mass is 260 g/mol. The first kappa shape index (κ1) is 13.9. The molecule has 1 aromatic rings. The van der Waals surface area contributed by atoms with E-state index in [1.807, 2.05) is 25.1 Å². The zero-order valence-corrected chi connectivity index (χ0v) is 12.1. The summed E-state index contributed by atoms with van der Waals surface area (Å²) in [4.78, 5) is 12.2. The van der Waals surface area contributed by atoms with Crippen LogP contribution in [0.4, 0.5) is 5.69 Å². The molecule has 1 aliphatic rings. The molecule has 0 bridgehead atoms. The molecule has 0 radical (unpaired) electrons. The van der Waals surface area contributed by atoms with Crippen LogP contribution in [0.15, 0.2) is 18.2 Å². The molecule has 104 valence electrons. The molecule has 1 amide bonds. The third kappa shape index (κ3) is 3.98. The number of carbonyl (C=O) groups excluding carboxylic acids is 1. The van der Waals surface area contributed by atoms with Gasteiger partial charge in [-0.3, -0.25) is 4.79 Å².